The molecule has 1 saturated heterocycles. The number of phosphoric ester groups is 1. The Bertz CT molecular complexity index is 955. The number of hydroxylamine groups is 2. The Hall–Kier alpha value is -2.53. The number of hydrogen-bond acceptors (Lipinski definition) is 8. The number of fused-ring (bicyclic) bond motifs is 1. The average molecular weight is 452 g/mol. The number of aromatic nitrogens is 1. The fourth-order valence-electron chi connectivity index (χ4n) is 2.91. The number of carbonyl (C=O) groups is 3. The van der Waals surface area contributed by atoms with Crippen LogP contribution in [0.15, 0.2) is 24.4 Å². The highest BCUT2D eigenvalue weighted by atomic mass is 31.2. The number of ether oxygens (including phenoxy) is 1. The summed E-state index contributed by atoms with van der Waals surface area (Å²) in [6, 6.07) is 1.79. The minimum atomic E-state index is -4.52. The standard InChI is InChI=1S/C19H21N2O9P/c22-12-19(13-29-21-17(23)1-2-18(21)24)5-3-15-9-14(10-20-16(15)4-6-19)11-28-7-8-30-31(25,26)27/h3-6,9-10,12H,1-2,7-8,11,13H2,(H2,25,26,27). The van der Waals surface area contributed by atoms with E-state index in [4.69, 9.17) is 19.4 Å². The normalized spacial score (nSPS) is 20.8. The minimum absolute atomic E-state index is 0.0164. The van der Waals surface area contributed by atoms with Crippen molar-refractivity contribution in [1.82, 2.24) is 10.0 Å². The summed E-state index contributed by atoms with van der Waals surface area (Å²) in [5.74, 6) is -0.873. The minimum Gasteiger partial charge on any atom is -0.374 e. The van der Waals surface area contributed by atoms with Crippen LogP contribution in [0.2, 0.25) is 0 Å². The van der Waals surface area contributed by atoms with E-state index in [1.165, 1.54) is 0 Å². The van der Waals surface area contributed by atoms with Gasteiger partial charge in [-0.3, -0.25) is 23.9 Å². The van der Waals surface area contributed by atoms with Gasteiger partial charge in [-0.2, -0.15) is 5.06 Å². The first-order valence-electron chi connectivity index (χ1n) is 9.32. The maximum Gasteiger partial charge on any atom is 0.469 e. The molecule has 12 heteroatoms. The number of hydrogen-bond donors (Lipinski definition) is 2. The van der Waals surface area contributed by atoms with Crippen LogP contribution in [-0.2, 0) is 39.7 Å². The highest BCUT2D eigenvalue weighted by Crippen LogP contribution is 2.35. The van der Waals surface area contributed by atoms with Crippen molar-refractivity contribution in [1.29, 1.82) is 0 Å². The average Bonchev–Trinajstić information content (AvgIpc) is 2.94. The van der Waals surface area contributed by atoms with Crippen LogP contribution in [0.25, 0.3) is 12.2 Å². The molecule has 2 heterocycles. The monoisotopic (exact) mass is 452 g/mol. The molecule has 3 rings (SSSR count). The topological polar surface area (TPSA) is 153 Å². The van der Waals surface area contributed by atoms with Gasteiger partial charge in [-0.25, -0.2) is 4.57 Å². The molecular formula is C19H21N2O9P. The number of amides is 2. The maximum absolute atomic E-state index is 11.8. The SMILES string of the molecule is O=CC1(CON2C(=O)CCC2=O)C=Cc2cc(COCCOP(=O)(O)O)cnc2C=C1. The first-order valence-corrected chi connectivity index (χ1v) is 10.8. The van der Waals surface area contributed by atoms with Crippen LogP contribution in [0.1, 0.15) is 29.7 Å². The second-order valence-corrected chi connectivity index (χ2v) is 8.19. The first kappa shape index (κ1) is 23.1. The Morgan fingerprint density at radius 2 is 1.87 bits per heavy atom. The fraction of sp³-hybridized carbons (Fsp3) is 0.368. The lowest BCUT2D eigenvalue weighted by Crippen LogP contribution is -2.35. The molecule has 0 saturated carbocycles. The molecule has 2 amide bonds. The van der Waals surface area contributed by atoms with E-state index >= 15 is 0 Å². The molecule has 0 radical (unpaired) electrons. The Labute approximate surface area is 177 Å². The van der Waals surface area contributed by atoms with Crippen molar-refractivity contribution >= 4 is 38.1 Å². The lowest BCUT2D eigenvalue weighted by Gasteiger charge is -2.22. The summed E-state index contributed by atoms with van der Waals surface area (Å²) in [4.78, 5) is 62.1. The quantitative estimate of drug-likeness (QED) is 0.228. The van der Waals surface area contributed by atoms with Gasteiger partial charge in [0.2, 0.25) is 0 Å². The Morgan fingerprint density at radius 1 is 1.16 bits per heavy atom. The first-order chi connectivity index (χ1) is 14.7. The summed E-state index contributed by atoms with van der Waals surface area (Å²) in [5.41, 5.74) is 0.833. The van der Waals surface area contributed by atoms with Crippen LogP contribution < -0.4 is 0 Å². The number of pyridine rings is 1. The van der Waals surface area contributed by atoms with E-state index in [-0.39, 0.29) is 39.3 Å². The maximum atomic E-state index is 11.8. The number of imide groups is 1. The highest BCUT2D eigenvalue weighted by Gasteiger charge is 2.34. The molecule has 1 aromatic heterocycles. The molecule has 11 nitrogen and oxygen atoms in total. The number of rotatable bonds is 10. The van der Waals surface area contributed by atoms with E-state index in [0.717, 1.165) is 0 Å². The van der Waals surface area contributed by atoms with Gasteiger partial charge in [-0.1, -0.05) is 18.2 Å². The van der Waals surface area contributed by atoms with Crippen molar-refractivity contribution in [2.45, 2.75) is 19.4 Å². The lowest BCUT2D eigenvalue weighted by atomic mass is 9.90. The predicted octanol–water partition coefficient (Wildman–Crippen LogP) is 1.01. The fourth-order valence-corrected chi connectivity index (χ4v) is 3.23. The second kappa shape index (κ2) is 9.73. The van der Waals surface area contributed by atoms with Crippen LogP contribution >= 0.6 is 7.82 Å². The summed E-state index contributed by atoms with van der Waals surface area (Å²) < 4.78 is 20.2. The predicted molar refractivity (Wildman–Crippen MR) is 105 cm³/mol. The van der Waals surface area contributed by atoms with Gasteiger partial charge in [0.05, 0.1) is 37.5 Å². The summed E-state index contributed by atoms with van der Waals surface area (Å²) in [7, 11) is -4.52. The van der Waals surface area contributed by atoms with Gasteiger partial charge in [0.1, 0.15) is 6.29 Å². The Balaban J connectivity index is 1.62. The van der Waals surface area contributed by atoms with Gasteiger partial charge >= 0.3 is 7.82 Å². The van der Waals surface area contributed by atoms with Gasteiger partial charge in [0.15, 0.2) is 0 Å². The van der Waals surface area contributed by atoms with Crippen molar-refractivity contribution in [2.75, 3.05) is 19.8 Å². The molecule has 31 heavy (non-hydrogen) atoms. The van der Waals surface area contributed by atoms with Crippen LogP contribution in [0.3, 0.4) is 0 Å². The number of phosphoric acid groups is 1. The molecule has 1 aliphatic heterocycles. The van der Waals surface area contributed by atoms with Gasteiger partial charge in [0, 0.05) is 24.6 Å². The number of aldehydes is 1. The largest absolute Gasteiger partial charge is 0.469 e. The Kier molecular flexibility index (Phi) is 7.26. The van der Waals surface area contributed by atoms with Crippen molar-refractivity contribution in [3.05, 3.63) is 41.2 Å². The molecule has 0 spiro atoms. The zero-order valence-electron chi connectivity index (χ0n) is 16.4. The van der Waals surface area contributed by atoms with Gasteiger partial charge in [-0.05, 0) is 17.7 Å². The molecule has 2 aliphatic rings. The van der Waals surface area contributed by atoms with Crippen LogP contribution in [0, 0.1) is 5.41 Å². The van der Waals surface area contributed by atoms with Crippen molar-refractivity contribution in [3.63, 3.8) is 0 Å². The summed E-state index contributed by atoms with van der Waals surface area (Å²) in [5, 5.41) is 0.703. The molecular weight excluding hydrogens is 431 g/mol. The van der Waals surface area contributed by atoms with E-state index in [9.17, 15) is 18.9 Å². The molecule has 1 atom stereocenters. The van der Waals surface area contributed by atoms with E-state index < -0.39 is 25.1 Å². The third kappa shape index (κ3) is 6.23. The molecule has 166 valence electrons. The number of carbonyl (C=O) groups excluding carboxylic acids is 3. The number of nitrogens with zero attached hydrogens (tertiary/aromatic N) is 2. The highest BCUT2D eigenvalue weighted by molar-refractivity contribution is 7.46. The zero-order chi connectivity index (χ0) is 22.5. The van der Waals surface area contributed by atoms with Crippen LogP contribution in [0.4, 0.5) is 0 Å². The zero-order valence-corrected chi connectivity index (χ0v) is 17.3. The molecule has 1 fully saturated rings. The van der Waals surface area contributed by atoms with E-state index in [0.29, 0.717) is 28.2 Å². The van der Waals surface area contributed by atoms with E-state index in [1.54, 1.807) is 36.6 Å². The molecule has 1 aliphatic carbocycles. The third-order valence-corrected chi connectivity index (χ3v) is 5.07. The van der Waals surface area contributed by atoms with Crippen molar-refractivity contribution in [2.24, 2.45) is 5.41 Å². The van der Waals surface area contributed by atoms with Crippen LogP contribution in [0.5, 0.6) is 0 Å². The summed E-state index contributed by atoms with van der Waals surface area (Å²) >= 11 is 0. The molecule has 1 unspecified atom stereocenters. The molecule has 0 aromatic carbocycles. The molecule has 0 bridgehead atoms. The summed E-state index contributed by atoms with van der Waals surface area (Å²) in [6.45, 7) is -0.347. The molecule has 2 N–H and O–H groups in total. The third-order valence-electron chi connectivity index (χ3n) is 4.56. The van der Waals surface area contributed by atoms with Gasteiger partial charge in [0.25, 0.3) is 11.8 Å². The smallest absolute Gasteiger partial charge is 0.374 e. The Morgan fingerprint density at radius 3 is 2.55 bits per heavy atom. The van der Waals surface area contributed by atoms with Gasteiger partial charge < -0.3 is 19.3 Å². The van der Waals surface area contributed by atoms with Crippen molar-refractivity contribution < 1.29 is 42.8 Å². The second-order valence-electron chi connectivity index (χ2n) is 6.95. The lowest BCUT2D eigenvalue weighted by molar-refractivity contribution is -0.192. The van der Waals surface area contributed by atoms with E-state index in [1.807, 2.05) is 0 Å². The van der Waals surface area contributed by atoms with Crippen LogP contribution in [-0.4, -0.2) is 57.8 Å². The van der Waals surface area contributed by atoms with E-state index in [2.05, 4.69) is 9.51 Å². The summed E-state index contributed by atoms with van der Waals surface area (Å²) in [6.07, 6.45) is 8.96. The molecule has 1 aromatic rings. The van der Waals surface area contributed by atoms with Crippen molar-refractivity contribution in [3.8, 4) is 0 Å². The van der Waals surface area contributed by atoms with Gasteiger partial charge in [-0.15, -0.1) is 0 Å².